The number of rotatable bonds is 4. The highest BCUT2D eigenvalue weighted by molar-refractivity contribution is 6.06. The smallest absolute Gasteiger partial charge is 0.260 e. The third kappa shape index (κ3) is 2.82. The van der Waals surface area contributed by atoms with Crippen LogP contribution in [0, 0.1) is 0 Å². The second-order valence-corrected chi connectivity index (χ2v) is 3.71. The van der Waals surface area contributed by atoms with Crippen molar-refractivity contribution < 1.29 is 14.3 Å². The zero-order chi connectivity index (χ0) is 13.7. The Bertz CT molecular complexity index is 584. The minimum Gasteiger partial charge on any atom is -0.496 e. The standard InChI is InChI=1S/C14H14N2O3/c1-18-11-7-4-3-6-10(11)14(17)16-13-12(19-2)8-5-9-15-13/h3-9H,1-2H3,(H,15,16,17). The zero-order valence-corrected chi connectivity index (χ0v) is 10.7. The van der Waals surface area contributed by atoms with Crippen LogP contribution in [0.4, 0.5) is 5.82 Å². The van der Waals surface area contributed by atoms with Gasteiger partial charge < -0.3 is 14.8 Å². The average Bonchev–Trinajstić information content (AvgIpc) is 2.47. The van der Waals surface area contributed by atoms with Crippen molar-refractivity contribution in [2.45, 2.75) is 0 Å². The maximum absolute atomic E-state index is 12.2. The zero-order valence-electron chi connectivity index (χ0n) is 10.7. The number of benzene rings is 1. The van der Waals surface area contributed by atoms with E-state index in [1.807, 2.05) is 0 Å². The van der Waals surface area contributed by atoms with E-state index in [0.29, 0.717) is 22.9 Å². The third-order valence-corrected chi connectivity index (χ3v) is 2.57. The van der Waals surface area contributed by atoms with Gasteiger partial charge in [0.25, 0.3) is 5.91 Å². The number of ether oxygens (including phenoxy) is 2. The molecule has 1 N–H and O–H groups in total. The van der Waals surface area contributed by atoms with Crippen molar-refractivity contribution in [1.82, 2.24) is 4.98 Å². The fourth-order valence-electron chi connectivity index (χ4n) is 1.66. The molecule has 0 spiro atoms. The molecule has 19 heavy (non-hydrogen) atoms. The molecule has 0 aliphatic carbocycles. The van der Waals surface area contributed by atoms with Gasteiger partial charge in [0.1, 0.15) is 5.75 Å². The second-order valence-electron chi connectivity index (χ2n) is 3.71. The largest absolute Gasteiger partial charge is 0.496 e. The van der Waals surface area contributed by atoms with Crippen LogP contribution in [0.2, 0.25) is 0 Å². The van der Waals surface area contributed by atoms with Crippen LogP contribution in [0.1, 0.15) is 10.4 Å². The molecule has 0 bridgehead atoms. The number of methoxy groups -OCH3 is 2. The molecule has 2 aromatic rings. The Hall–Kier alpha value is -2.56. The van der Waals surface area contributed by atoms with Crippen LogP contribution >= 0.6 is 0 Å². The highest BCUT2D eigenvalue weighted by Gasteiger charge is 2.14. The highest BCUT2D eigenvalue weighted by Crippen LogP contribution is 2.23. The van der Waals surface area contributed by atoms with Crippen molar-refractivity contribution in [2.75, 3.05) is 19.5 Å². The first kappa shape index (κ1) is 12.9. The van der Waals surface area contributed by atoms with Crippen molar-refractivity contribution in [3.05, 3.63) is 48.2 Å². The normalized spacial score (nSPS) is 9.79. The number of para-hydroxylation sites is 1. The first-order valence-corrected chi connectivity index (χ1v) is 5.69. The lowest BCUT2D eigenvalue weighted by atomic mass is 10.2. The molecule has 5 heteroatoms. The molecule has 0 atom stereocenters. The average molecular weight is 258 g/mol. The van der Waals surface area contributed by atoms with Gasteiger partial charge in [-0.15, -0.1) is 0 Å². The van der Waals surface area contributed by atoms with Crippen LogP contribution in [0.5, 0.6) is 11.5 Å². The lowest BCUT2D eigenvalue weighted by molar-refractivity contribution is 0.102. The van der Waals surface area contributed by atoms with Crippen molar-refractivity contribution in [3.63, 3.8) is 0 Å². The minimum absolute atomic E-state index is 0.297. The van der Waals surface area contributed by atoms with E-state index in [-0.39, 0.29) is 5.91 Å². The molecule has 1 aromatic carbocycles. The van der Waals surface area contributed by atoms with E-state index in [1.54, 1.807) is 42.6 Å². The summed E-state index contributed by atoms with van der Waals surface area (Å²) >= 11 is 0. The Balaban J connectivity index is 2.26. The Morgan fingerprint density at radius 3 is 2.47 bits per heavy atom. The molecule has 1 heterocycles. The number of hydrogen-bond acceptors (Lipinski definition) is 4. The lowest BCUT2D eigenvalue weighted by Crippen LogP contribution is -2.14. The highest BCUT2D eigenvalue weighted by atomic mass is 16.5. The predicted molar refractivity (Wildman–Crippen MR) is 71.7 cm³/mol. The number of carbonyl (C=O) groups excluding carboxylic acids is 1. The molecule has 0 saturated heterocycles. The number of pyridine rings is 1. The summed E-state index contributed by atoms with van der Waals surface area (Å²) in [5.74, 6) is 1.09. The Morgan fingerprint density at radius 2 is 1.74 bits per heavy atom. The van der Waals surface area contributed by atoms with Gasteiger partial charge in [0, 0.05) is 6.20 Å². The fraction of sp³-hybridized carbons (Fsp3) is 0.143. The summed E-state index contributed by atoms with van der Waals surface area (Å²) in [4.78, 5) is 16.2. The fourth-order valence-corrected chi connectivity index (χ4v) is 1.66. The van der Waals surface area contributed by atoms with Crippen LogP contribution in [0.3, 0.4) is 0 Å². The van der Waals surface area contributed by atoms with Crippen molar-refractivity contribution in [1.29, 1.82) is 0 Å². The Kier molecular flexibility index (Phi) is 3.97. The first-order chi connectivity index (χ1) is 9.26. The summed E-state index contributed by atoms with van der Waals surface area (Å²) in [5, 5.41) is 2.70. The third-order valence-electron chi connectivity index (χ3n) is 2.57. The molecule has 1 aromatic heterocycles. The quantitative estimate of drug-likeness (QED) is 0.914. The molecule has 5 nitrogen and oxygen atoms in total. The van der Waals surface area contributed by atoms with Gasteiger partial charge in [-0.05, 0) is 24.3 Å². The Labute approximate surface area is 111 Å². The molecular formula is C14H14N2O3. The van der Waals surface area contributed by atoms with Crippen LogP contribution in [-0.2, 0) is 0 Å². The summed E-state index contributed by atoms with van der Waals surface area (Å²) in [7, 11) is 3.04. The van der Waals surface area contributed by atoms with Crippen molar-refractivity contribution in [3.8, 4) is 11.5 Å². The molecule has 0 aliphatic rings. The number of anilines is 1. The van der Waals surface area contributed by atoms with E-state index < -0.39 is 0 Å². The van der Waals surface area contributed by atoms with Crippen LogP contribution in [-0.4, -0.2) is 25.1 Å². The van der Waals surface area contributed by atoms with Gasteiger partial charge in [0.15, 0.2) is 11.6 Å². The number of aromatic nitrogens is 1. The predicted octanol–water partition coefficient (Wildman–Crippen LogP) is 2.35. The summed E-state index contributed by atoms with van der Waals surface area (Å²) in [5.41, 5.74) is 0.442. The first-order valence-electron chi connectivity index (χ1n) is 5.69. The molecule has 0 aliphatic heterocycles. The second kappa shape index (κ2) is 5.86. The van der Waals surface area contributed by atoms with Gasteiger partial charge in [-0.3, -0.25) is 4.79 Å². The van der Waals surface area contributed by atoms with Crippen LogP contribution in [0.15, 0.2) is 42.6 Å². The van der Waals surface area contributed by atoms with Gasteiger partial charge >= 0.3 is 0 Å². The van der Waals surface area contributed by atoms with Gasteiger partial charge in [0.2, 0.25) is 0 Å². The van der Waals surface area contributed by atoms with Gasteiger partial charge in [-0.25, -0.2) is 4.98 Å². The number of nitrogens with one attached hydrogen (secondary N) is 1. The van der Waals surface area contributed by atoms with Gasteiger partial charge in [-0.1, -0.05) is 12.1 Å². The van der Waals surface area contributed by atoms with E-state index in [1.165, 1.54) is 14.2 Å². The van der Waals surface area contributed by atoms with Crippen LogP contribution < -0.4 is 14.8 Å². The Morgan fingerprint density at radius 1 is 1.05 bits per heavy atom. The summed E-state index contributed by atoms with van der Waals surface area (Å²) in [6, 6.07) is 10.4. The van der Waals surface area contributed by atoms with Crippen LogP contribution in [0.25, 0.3) is 0 Å². The van der Waals surface area contributed by atoms with Crippen molar-refractivity contribution in [2.24, 2.45) is 0 Å². The molecule has 0 saturated carbocycles. The summed E-state index contributed by atoms with van der Waals surface area (Å²) < 4.78 is 10.3. The molecule has 0 radical (unpaired) electrons. The number of nitrogens with zero attached hydrogens (tertiary/aromatic N) is 1. The van der Waals surface area contributed by atoms with Gasteiger partial charge in [0.05, 0.1) is 19.8 Å². The maximum atomic E-state index is 12.2. The number of carbonyl (C=O) groups is 1. The molecule has 98 valence electrons. The van der Waals surface area contributed by atoms with E-state index in [4.69, 9.17) is 9.47 Å². The van der Waals surface area contributed by atoms with E-state index in [0.717, 1.165) is 0 Å². The molecule has 0 fully saturated rings. The minimum atomic E-state index is -0.297. The number of amides is 1. The lowest BCUT2D eigenvalue weighted by Gasteiger charge is -2.10. The van der Waals surface area contributed by atoms with Gasteiger partial charge in [-0.2, -0.15) is 0 Å². The SMILES string of the molecule is COc1ccccc1C(=O)Nc1ncccc1OC. The molecule has 2 rings (SSSR count). The van der Waals surface area contributed by atoms with E-state index in [9.17, 15) is 4.79 Å². The topological polar surface area (TPSA) is 60.5 Å². The number of hydrogen-bond donors (Lipinski definition) is 1. The monoisotopic (exact) mass is 258 g/mol. The molecular weight excluding hydrogens is 244 g/mol. The molecule has 0 unspecified atom stereocenters. The summed E-state index contributed by atoms with van der Waals surface area (Å²) in [6.07, 6.45) is 1.58. The maximum Gasteiger partial charge on any atom is 0.260 e. The van der Waals surface area contributed by atoms with E-state index >= 15 is 0 Å². The summed E-state index contributed by atoms with van der Waals surface area (Å²) in [6.45, 7) is 0. The van der Waals surface area contributed by atoms with Crippen molar-refractivity contribution >= 4 is 11.7 Å². The molecule has 1 amide bonds. The van der Waals surface area contributed by atoms with E-state index in [2.05, 4.69) is 10.3 Å².